The highest BCUT2D eigenvalue weighted by molar-refractivity contribution is 5.81. The Hall–Kier alpha value is -2.88. The fourth-order valence-corrected chi connectivity index (χ4v) is 4.25. The highest BCUT2D eigenvalue weighted by Crippen LogP contribution is 2.21. The summed E-state index contributed by atoms with van der Waals surface area (Å²) in [4.78, 5) is 25.0. The molecule has 35 heavy (non-hydrogen) atoms. The van der Waals surface area contributed by atoms with E-state index in [4.69, 9.17) is 11.5 Å². The third-order valence-electron chi connectivity index (χ3n) is 5.98. The van der Waals surface area contributed by atoms with Crippen molar-refractivity contribution in [2.75, 3.05) is 0 Å². The van der Waals surface area contributed by atoms with Crippen LogP contribution in [0.4, 0.5) is 8.78 Å². The lowest BCUT2D eigenvalue weighted by atomic mass is 9.90. The van der Waals surface area contributed by atoms with E-state index in [-0.39, 0.29) is 36.4 Å². The minimum absolute atomic E-state index is 0.0396. The van der Waals surface area contributed by atoms with E-state index in [9.17, 15) is 23.5 Å². The maximum Gasteiger partial charge on any atom is 0.250 e. The van der Waals surface area contributed by atoms with Gasteiger partial charge in [-0.25, -0.2) is 8.78 Å². The van der Waals surface area contributed by atoms with Crippen molar-refractivity contribution in [2.45, 2.75) is 75.2 Å². The molecule has 0 spiro atoms. The molecule has 0 heterocycles. The predicted molar refractivity (Wildman–Crippen MR) is 132 cm³/mol. The van der Waals surface area contributed by atoms with E-state index in [0.717, 1.165) is 30.9 Å². The lowest BCUT2D eigenvalue weighted by Gasteiger charge is -2.31. The zero-order valence-corrected chi connectivity index (χ0v) is 19.9. The Morgan fingerprint density at radius 2 is 1.71 bits per heavy atom. The first-order chi connectivity index (χ1) is 16.5. The van der Waals surface area contributed by atoms with Crippen LogP contribution in [0.1, 0.15) is 44.1 Å². The number of halogens is 2. The van der Waals surface area contributed by atoms with Crippen molar-refractivity contribution in [3.8, 4) is 0 Å². The second kappa shape index (κ2) is 13.9. The van der Waals surface area contributed by atoms with Crippen molar-refractivity contribution >= 4 is 11.8 Å². The third-order valence-corrected chi connectivity index (χ3v) is 5.98. The van der Waals surface area contributed by atoms with E-state index in [0.29, 0.717) is 12.8 Å². The number of nitrogens with two attached hydrogens (primary N) is 2. The molecule has 1 aliphatic rings. The highest BCUT2D eigenvalue weighted by Gasteiger charge is 2.29. The Labute approximate surface area is 205 Å². The maximum atomic E-state index is 13.5. The summed E-state index contributed by atoms with van der Waals surface area (Å²) >= 11 is 0. The fourth-order valence-electron chi connectivity index (χ4n) is 4.25. The van der Waals surface area contributed by atoms with Crippen molar-refractivity contribution in [1.29, 1.82) is 0 Å². The van der Waals surface area contributed by atoms with Gasteiger partial charge in [-0.3, -0.25) is 9.59 Å². The lowest BCUT2D eigenvalue weighted by molar-refractivity contribution is -0.131. The predicted octanol–water partition coefficient (Wildman–Crippen LogP) is 2.46. The van der Waals surface area contributed by atoms with Crippen LogP contribution in [0.25, 0.3) is 0 Å². The van der Waals surface area contributed by atoms with Crippen molar-refractivity contribution in [2.24, 2.45) is 11.5 Å². The Balaban J connectivity index is 1.81. The number of nitrogens with one attached hydrogen (secondary N) is 2. The van der Waals surface area contributed by atoms with Gasteiger partial charge in [0.25, 0.3) is 5.91 Å². The molecule has 7 N–H and O–H groups in total. The third kappa shape index (κ3) is 10.1. The molecule has 5 unspecified atom stereocenters. The van der Waals surface area contributed by atoms with Crippen LogP contribution in [0.3, 0.4) is 0 Å². The van der Waals surface area contributed by atoms with Crippen LogP contribution in [-0.4, -0.2) is 47.2 Å². The molecule has 9 heteroatoms. The summed E-state index contributed by atoms with van der Waals surface area (Å²) in [5.41, 5.74) is 12.9. The van der Waals surface area contributed by atoms with E-state index in [1.165, 1.54) is 0 Å². The van der Waals surface area contributed by atoms with Gasteiger partial charge in [0.2, 0.25) is 5.91 Å². The van der Waals surface area contributed by atoms with Crippen LogP contribution in [0.2, 0.25) is 0 Å². The molecule has 0 aliphatic heterocycles. The van der Waals surface area contributed by atoms with E-state index >= 15 is 0 Å². The van der Waals surface area contributed by atoms with Gasteiger partial charge >= 0.3 is 0 Å². The molecule has 0 bridgehead atoms. The van der Waals surface area contributed by atoms with Gasteiger partial charge < -0.3 is 27.2 Å². The second-order valence-electron chi connectivity index (χ2n) is 9.12. The number of aliphatic hydroxyl groups is 1. The van der Waals surface area contributed by atoms with Crippen molar-refractivity contribution in [1.82, 2.24) is 10.6 Å². The van der Waals surface area contributed by atoms with E-state index < -0.39 is 35.7 Å². The molecule has 0 aromatic heterocycles. The Bertz CT molecular complexity index is 922. The van der Waals surface area contributed by atoms with Crippen LogP contribution >= 0.6 is 0 Å². The normalized spacial score (nSPS) is 20.9. The Kier molecular flexibility index (Phi) is 11.2. The standard InChI is InChI=1S/C26H36F2N4O3/c1-16(27)11-19(17(2)28)13-20(29)14-24(33)31-21-9-6-10-22(15-21)32-26(35)25(34)23(30)12-18-7-4-3-5-8-18/h3-5,7-8,11,20-23,25,34H,1-2,6,9-10,12-15,29-30H2,(H,31,33)(H,32,35)/b19-11-. The van der Waals surface area contributed by atoms with Gasteiger partial charge in [0.1, 0.15) is 17.8 Å². The SMILES string of the molecule is C=C(F)/C=C(/CC(N)CC(=O)NC1CCCC(NC(=O)C(O)C(N)Cc2ccccc2)C1)C(=C)F. The molecule has 2 rings (SSSR count). The molecule has 0 saturated heterocycles. The first-order valence-electron chi connectivity index (χ1n) is 11.8. The summed E-state index contributed by atoms with van der Waals surface area (Å²) in [5, 5.41) is 16.1. The molecular weight excluding hydrogens is 454 g/mol. The zero-order valence-electron chi connectivity index (χ0n) is 19.9. The number of hydrogen-bond acceptors (Lipinski definition) is 5. The molecule has 1 aromatic rings. The average molecular weight is 491 g/mol. The summed E-state index contributed by atoms with van der Waals surface area (Å²) < 4.78 is 26.5. The van der Waals surface area contributed by atoms with Gasteiger partial charge in [-0.05, 0) is 55.7 Å². The van der Waals surface area contributed by atoms with Gasteiger partial charge in [-0.15, -0.1) is 0 Å². The molecule has 192 valence electrons. The number of benzene rings is 1. The first-order valence-corrected chi connectivity index (χ1v) is 11.8. The minimum atomic E-state index is -1.35. The van der Waals surface area contributed by atoms with Crippen LogP contribution < -0.4 is 22.1 Å². The molecule has 7 nitrogen and oxygen atoms in total. The summed E-state index contributed by atoms with van der Waals surface area (Å²) in [5.74, 6) is -2.50. The Morgan fingerprint density at radius 3 is 2.31 bits per heavy atom. The molecule has 1 aliphatic carbocycles. The van der Waals surface area contributed by atoms with E-state index in [1.54, 1.807) is 0 Å². The molecule has 2 amide bonds. The molecular formula is C26H36F2N4O3. The van der Waals surface area contributed by atoms with Crippen LogP contribution in [0.5, 0.6) is 0 Å². The molecule has 1 aromatic carbocycles. The number of allylic oxidation sites excluding steroid dienone is 3. The maximum absolute atomic E-state index is 13.5. The first kappa shape index (κ1) is 28.4. The molecule has 1 fully saturated rings. The van der Waals surface area contributed by atoms with Crippen LogP contribution in [0, 0.1) is 0 Å². The molecule has 5 atom stereocenters. The van der Waals surface area contributed by atoms with Gasteiger partial charge in [-0.1, -0.05) is 43.5 Å². The molecule has 0 radical (unpaired) electrons. The lowest BCUT2D eigenvalue weighted by Crippen LogP contribution is -2.52. The Morgan fingerprint density at radius 1 is 1.09 bits per heavy atom. The largest absolute Gasteiger partial charge is 0.382 e. The number of amides is 2. The summed E-state index contributed by atoms with van der Waals surface area (Å²) in [7, 11) is 0. The minimum Gasteiger partial charge on any atom is -0.382 e. The second-order valence-corrected chi connectivity index (χ2v) is 9.12. The van der Waals surface area contributed by atoms with E-state index in [2.05, 4.69) is 23.8 Å². The number of carbonyl (C=O) groups is 2. The number of carbonyl (C=O) groups excluding carboxylic acids is 2. The number of hydrogen-bond donors (Lipinski definition) is 5. The van der Waals surface area contributed by atoms with Crippen LogP contribution in [0.15, 0.2) is 66.8 Å². The highest BCUT2D eigenvalue weighted by atomic mass is 19.1. The van der Waals surface area contributed by atoms with Gasteiger partial charge in [0.15, 0.2) is 0 Å². The summed E-state index contributed by atoms with van der Waals surface area (Å²) in [6, 6.07) is 7.51. The number of aliphatic hydroxyl groups excluding tert-OH is 1. The zero-order chi connectivity index (χ0) is 26.0. The molecule has 1 saturated carbocycles. The summed E-state index contributed by atoms with van der Waals surface area (Å²) in [6.45, 7) is 6.22. The smallest absolute Gasteiger partial charge is 0.250 e. The topological polar surface area (TPSA) is 130 Å². The number of rotatable bonds is 12. The average Bonchev–Trinajstić information content (AvgIpc) is 2.78. The monoisotopic (exact) mass is 490 g/mol. The summed E-state index contributed by atoms with van der Waals surface area (Å²) in [6.07, 6.45) is 2.52. The van der Waals surface area contributed by atoms with E-state index in [1.807, 2.05) is 30.3 Å². The van der Waals surface area contributed by atoms with Crippen molar-refractivity contribution < 1.29 is 23.5 Å². The van der Waals surface area contributed by atoms with Crippen molar-refractivity contribution in [3.05, 3.63) is 72.4 Å². The van der Waals surface area contributed by atoms with Crippen molar-refractivity contribution in [3.63, 3.8) is 0 Å². The van der Waals surface area contributed by atoms with Gasteiger partial charge in [0, 0.05) is 30.6 Å². The quantitative estimate of drug-likeness (QED) is 0.287. The fraction of sp³-hybridized carbons (Fsp3) is 0.462. The van der Waals surface area contributed by atoms with Crippen LogP contribution in [-0.2, 0) is 16.0 Å². The van der Waals surface area contributed by atoms with Gasteiger partial charge in [0.05, 0.1) is 0 Å². The van der Waals surface area contributed by atoms with Gasteiger partial charge in [-0.2, -0.15) is 0 Å².